The number of carbonyl (C=O) groups is 1. The number of halogens is 1. The lowest BCUT2D eigenvalue weighted by Crippen LogP contribution is -2.40. The molecule has 1 amide bonds. The summed E-state index contributed by atoms with van der Waals surface area (Å²) in [5, 5.41) is 17.4. The van der Waals surface area contributed by atoms with Crippen LogP contribution in [-0.4, -0.2) is 59.8 Å². The number of nitrogens with zero attached hydrogens (tertiary/aromatic N) is 1. The van der Waals surface area contributed by atoms with Crippen LogP contribution in [0.5, 0.6) is 0 Å². The molecule has 3 unspecified atom stereocenters. The van der Waals surface area contributed by atoms with Crippen LogP contribution in [0, 0.1) is 0 Å². The first-order valence-corrected chi connectivity index (χ1v) is 3.89. The van der Waals surface area contributed by atoms with Gasteiger partial charge in [-0.1, -0.05) is 0 Å². The Morgan fingerprint density at radius 1 is 1.77 bits per heavy atom. The molecule has 76 valence electrons. The first kappa shape index (κ1) is 10.2. The number of methoxy groups -OCH3 is 1. The number of aliphatic hydroxyl groups excluding tert-OH is 1. The van der Waals surface area contributed by atoms with Crippen molar-refractivity contribution in [3.05, 3.63) is 0 Å². The highest BCUT2D eigenvalue weighted by Crippen LogP contribution is 2.23. The lowest BCUT2D eigenvalue weighted by atomic mass is 10.2. The van der Waals surface area contributed by atoms with Crippen LogP contribution in [0.3, 0.4) is 0 Å². The highest BCUT2D eigenvalue weighted by atomic mass is 19.1. The third-order valence-corrected chi connectivity index (χ3v) is 2.24. The number of carboxylic acid groups (broad SMARTS) is 1. The van der Waals surface area contributed by atoms with E-state index in [0.29, 0.717) is 0 Å². The summed E-state index contributed by atoms with van der Waals surface area (Å²) in [5.74, 6) is 0. The van der Waals surface area contributed by atoms with E-state index >= 15 is 0 Å². The molecule has 5 nitrogen and oxygen atoms in total. The van der Waals surface area contributed by atoms with E-state index in [9.17, 15) is 9.18 Å². The third-order valence-electron chi connectivity index (χ3n) is 2.24. The molecule has 1 aliphatic rings. The number of likely N-dealkylation sites (tertiary alicyclic amines) is 1. The standard InChI is InChI=1S/C7H12FNO4/c1-13-5-2-9(7(11)12)4(3-10)6(5)8/h4-6,10H,2-3H2,1H3,(H,11,12). The van der Waals surface area contributed by atoms with Crippen LogP contribution < -0.4 is 0 Å². The van der Waals surface area contributed by atoms with Gasteiger partial charge in [-0.05, 0) is 0 Å². The molecule has 2 N–H and O–H groups in total. The molecule has 0 saturated carbocycles. The van der Waals surface area contributed by atoms with Gasteiger partial charge in [0.2, 0.25) is 0 Å². The molecule has 0 aromatic rings. The van der Waals surface area contributed by atoms with Gasteiger partial charge in [-0.3, -0.25) is 4.90 Å². The molecule has 13 heavy (non-hydrogen) atoms. The minimum Gasteiger partial charge on any atom is -0.465 e. The van der Waals surface area contributed by atoms with Gasteiger partial charge in [0.15, 0.2) is 6.17 Å². The zero-order valence-corrected chi connectivity index (χ0v) is 7.18. The lowest BCUT2D eigenvalue weighted by Gasteiger charge is -2.19. The van der Waals surface area contributed by atoms with E-state index in [1.807, 2.05) is 0 Å². The highest BCUT2D eigenvalue weighted by molar-refractivity contribution is 5.66. The zero-order valence-electron chi connectivity index (χ0n) is 7.18. The maximum absolute atomic E-state index is 13.3. The molecular weight excluding hydrogens is 181 g/mol. The van der Waals surface area contributed by atoms with Crippen molar-refractivity contribution in [1.82, 2.24) is 4.90 Å². The first-order valence-electron chi connectivity index (χ1n) is 3.89. The van der Waals surface area contributed by atoms with Gasteiger partial charge in [-0.15, -0.1) is 0 Å². The predicted molar refractivity (Wildman–Crippen MR) is 41.3 cm³/mol. The Labute approximate surface area is 74.7 Å². The molecule has 0 radical (unpaired) electrons. The Balaban J connectivity index is 2.72. The molecular formula is C7H12FNO4. The average molecular weight is 193 g/mol. The number of alkyl halides is 1. The minimum absolute atomic E-state index is 0.0295. The van der Waals surface area contributed by atoms with Gasteiger partial charge < -0.3 is 14.9 Å². The molecule has 1 aliphatic heterocycles. The Morgan fingerprint density at radius 3 is 2.69 bits per heavy atom. The molecule has 1 rings (SSSR count). The second-order valence-electron chi connectivity index (χ2n) is 2.90. The second-order valence-corrected chi connectivity index (χ2v) is 2.90. The maximum atomic E-state index is 13.3. The van der Waals surface area contributed by atoms with Gasteiger partial charge in [-0.25, -0.2) is 9.18 Å². The fourth-order valence-corrected chi connectivity index (χ4v) is 1.47. The first-order chi connectivity index (χ1) is 6.11. The van der Waals surface area contributed by atoms with E-state index in [1.165, 1.54) is 7.11 Å². The SMILES string of the molecule is COC1CN(C(=O)O)C(CO)C1F. The van der Waals surface area contributed by atoms with Gasteiger partial charge in [0.1, 0.15) is 6.10 Å². The van der Waals surface area contributed by atoms with E-state index in [4.69, 9.17) is 14.9 Å². The minimum atomic E-state index is -1.45. The number of ether oxygens (including phenoxy) is 1. The third kappa shape index (κ3) is 1.73. The number of rotatable bonds is 2. The summed E-state index contributed by atoms with van der Waals surface area (Å²) in [7, 11) is 1.32. The molecule has 1 fully saturated rings. The smallest absolute Gasteiger partial charge is 0.407 e. The quantitative estimate of drug-likeness (QED) is 0.631. The van der Waals surface area contributed by atoms with Crippen molar-refractivity contribution in [2.75, 3.05) is 20.3 Å². The fraction of sp³-hybridized carbons (Fsp3) is 0.857. The monoisotopic (exact) mass is 193 g/mol. The maximum Gasteiger partial charge on any atom is 0.407 e. The Kier molecular flexibility index (Phi) is 3.05. The number of aliphatic hydroxyl groups is 1. The summed E-state index contributed by atoms with van der Waals surface area (Å²) in [5.41, 5.74) is 0. The van der Waals surface area contributed by atoms with Crippen LogP contribution in [0.2, 0.25) is 0 Å². The fourth-order valence-electron chi connectivity index (χ4n) is 1.47. The molecule has 6 heteroatoms. The van der Waals surface area contributed by atoms with Gasteiger partial charge in [0.25, 0.3) is 0 Å². The van der Waals surface area contributed by atoms with E-state index in [1.54, 1.807) is 0 Å². The average Bonchev–Trinajstić information content (AvgIpc) is 2.42. The predicted octanol–water partition coefficient (Wildman–Crippen LogP) is -0.306. The van der Waals surface area contributed by atoms with Crippen LogP contribution in [0.25, 0.3) is 0 Å². The van der Waals surface area contributed by atoms with Crippen LogP contribution in [-0.2, 0) is 4.74 Å². The van der Waals surface area contributed by atoms with Crippen LogP contribution >= 0.6 is 0 Å². The summed E-state index contributed by atoms with van der Waals surface area (Å²) in [6.07, 6.45) is -3.46. The van der Waals surface area contributed by atoms with E-state index < -0.39 is 31.0 Å². The number of amides is 1. The summed E-state index contributed by atoms with van der Waals surface area (Å²) < 4.78 is 18.0. The van der Waals surface area contributed by atoms with Gasteiger partial charge in [0.05, 0.1) is 19.2 Å². The van der Waals surface area contributed by atoms with E-state index in [2.05, 4.69) is 0 Å². The van der Waals surface area contributed by atoms with Crippen molar-refractivity contribution in [3.63, 3.8) is 0 Å². The molecule has 0 aliphatic carbocycles. The van der Waals surface area contributed by atoms with Gasteiger partial charge in [-0.2, -0.15) is 0 Å². The molecule has 1 saturated heterocycles. The molecule has 0 spiro atoms. The molecule has 0 aromatic carbocycles. The van der Waals surface area contributed by atoms with Crippen molar-refractivity contribution >= 4 is 6.09 Å². The number of hydrogen-bond acceptors (Lipinski definition) is 3. The summed E-state index contributed by atoms with van der Waals surface area (Å²) >= 11 is 0. The van der Waals surface area contributed by atoms with Crippen LogP contribution in [0.1, 0.15) is 0 Å². The summed E-state index contributed by atoms with van der Waals surface area (Å²) in [4.78, 5) is 11.4. The molecule has 0 aromatic heterocycles. The topological polar surface area (TPSA) is 70.0 Å². The van der Waals surface area contributed by atoms with Crippen molar-refractivity contribution in [3.8, 4) is 0 Å². The normalized spacial score (nSPS) is 33.8. The van der Waals surface area contributed by atoms with Crippen LogP contribution in [0.15, 0.2) is 0 Å². The van der Waals surface area contributed by atoms with Gasteiger partial charge >= 0.3 is 6.09 Å². The Hall–Kier alpha value is -0.880. The zero-order chi connectivity index (χ0) is 10.0. The van der Waals surface area contributed by atoms with Crippen molar-refractivity contribution in [1.29, 1.82) is 0 Å². The molecule has 3 atom stereocenters. The summed E-state index contributed by atoms with van der Waals surface area (Å²) in [6, 6.07) is -0.998. The Morgan fingerprint density at radius 2 is 2.38 bits per heavy atom. The van der Waals surface area contributed by atoms with Gasteiger partial charge in [0, 0.05) is 7.11 Å². The van der Waals surface area contributed by atoms with Crippen LogP contribution in [0.4, 0.5) is 9.18 Å². The molecule has 0 bridgehead atoms. The highest BCUT2D eigenvalue weighted by Gasteiger charge is 2.44. The van der Waals surface area contributed by atoms with E-state index in [-0.39, 0.29) is 6.54 Å². The Bertz CT molecular complexity index is 201. The largest absolute Gasteiger partial charge is 0.465 e. The van der Waals surface area contributed by atoms with Crippen molar-refractivity contribution < 1.29 is 24.1 Å². The van der Waals surface area contributed by atoms with Crippen molar-refractivity contribution in [2.24, 2.45) is 0 Å². The van der Waals surface area contributed by atoms with Crippen molar-refractivity contribution in [2.45, 2.75) is 18.3 Å². The summed E-state index contributed by atoms with van der Waals surface area (Å²) in [6.45, 7) is -0.550. The number of hydrogen-bond donors (Lipinski definition) is 2. The lowest BCUT2D eigenvalue weighted by molar-refractivity contribution is 0.0484. The van der Waals surface area contributed by atoms with E-state index in [0.717, 1.165) is 4.90 Å². The second kappa shape index (κ2) is 3.89. The molecule has 1 heterocycles.